The first kappa shape index (κ1) is 18.7. The maximum absolute atomic E-state index is 12.1. The van der Waals surface area contributed by atoms with Gasteiger partial charge in [-0.3, -0.25) is 4.79 Å². The Morgan fingerprint density at radius 2 is 1.96 bits per heavy atom. The van der Waals surface area contributed by atoms with E-state index in [-0.39, 0.29) is 18.4 Å². The SMILES string of the molecule is NC(=O)NC(CC(=O)NCCNC1CCCCCC1)c1cccs1. The summed E-state index contributed by atoms with van der Waals surface area (Å²) in [6.45, 7) is 1.38. The lowest BCUT2D eigenvalue weighted by Crippen LogP contribution is -2.39. The summed E-state index contributed by atoms with van der Waals surface area (Å²) in [6, 6.07) is 3.39. The normalized spacial score (nSPS) is 17.0. The summed E-state index contributed by atoms with van der Waals surface area (Å²) in [5.41, 5.74) is 5.21. The van der Waals surface area contributed by atoms with E-state index in [1.165, 1.54) is 49.9 Å². The molecular formula is C17H28N4O2S. The molecular weight excluding hydrogens is 324 g/mol. The molecule has 0 spiro atoms. The summed E-state index contributed by atoms with van der Waals surface area (Å²) in [5, 5.41) is 11.0. The fourth-order valence-electron chi connectivity index (χ4n) is 3.10. The number of rotatable bonds is 8. The van der Waals surface area contributed by atoms with Crippen LogP contribution in [0, 0.1) is 0 Å². The van der Waals surface area contributed by atoms with Crippen molar-refractivity contribution >= 4 is 23.3 Å². The molecule has 3 amide bonds. The molecule has 1 unspecified atom stereocenters. The van der Waals surface area contributed by atoms with Crippen molar-refractivity contribution in [1.29, 1.82) is 0 Å². The Morgan fingerprint density at radius 1 is 1.21 bits per heavy atom. The van der Waals surface area contributed by atoms with Gasteiger partial charge in [0.15, 0.2) is 0 Å². The first-order chi connectivity index (χ1) is 11.6. The lowest BCUT2D eigenvalue weighted by Gasteiger charge is -2.18. The second-order valence-corrected chi connectivity index (χ2v) is 7.25. The van der Waals surface area contributed by atoms with E-state index in [1.54, 1.807) is 0 Å². The smallest absolute Gasteiger partial charge is 0.312 e. The molecule has 0 saturated heterocycles. The molecule has 2 rings (SSSR count). The van der Waals surface area contributed by atoms with Crippen molar-refractivity contribution in [3.8, 4) is 0 Å². The van der Waals surface area contributed by atoms with E-state index in [1.807, 2.05) is 17.5 Å². The van der Waals surface area contributed by atoms with Crippen molar-refractivity contribution < 1.29 is 9.59 Å². The molecule has 1 heterocycles. The summed E-state index contributed by atoms with van der Waals surface area (Å²) >= 11 is 1.50. The molecule has 0 bridgehead atoms. The van der Waals surface area contributed by atoms with Crippen LogP contribution in [0.15, 0.2) is 17.5 Å². The molecule has 7 heteroatoms. The third-order valence-corrected chi connectivity index (χ3v) is 5.31. The summed E-state index contributed by atoms with van der Waals surface area (Å²) in [6.07, 6.45) is 7.94. The predicted octanol–water partition coefficient (Wildman–Crippen LogP) is 2.28. The Kier molecular flexibility index (Phi) is 8.04. The minimum absolute atomic E-state index is 0.0789. The molecule has 0 aliphatic heterocycles. The molecule has 1 fully saturated rings. The summed E-state index contributed by atoms with van der Waals surface area (Å²) in [4.78, 5) is 24.2. The summed E-state index contributed by atoms with van der Waals surface area (Å²) in [7, 11) is 0. The number of thiophene rings is 1. The monoisotopic (exact) mass is 352 g/mol. The molecule has 24 heavy (non-hydrogen) atoms. The van der Waals surface area contributed by atoms with Crippen LogP contribution >= 0.6 is 11.3 Å². The average molecular weight is 353 g/mol. The van der Waals surface area contributed by atoms with Gasteiger partial charge in [-0.05, 0) is 24.3 Å². The molecule has 6 nitrogen and oxygen atoms in total. The van der Waals surface area contributed by atoms with E-state index in [2.05, 4.69) is 16.0 Å². The van der Waals surface area contributed by atoms with E-state index in [0.717, 1.165) is 11.4 Å². The predicted molar refractivity (Wildman–Crippen MR) is 96.9 cm³/mol. The van der Waals surface area contributed by atoms with Gasteiger partial charge in [0.1, 0.15) is 0 Å². The van der Waals surface area contributed by atoms with Crippen molar-refractivity contribution in [2.75, 3.05) is 13.1 Å². The van der Waals surface area contributed by atoms with E-state index in [0.29, 0.717) is 12.6 Å². The van der Waals surface area contributed by atoms with Crippen molar-refractivity contribution in [3.05, 3.63) is 22.4 Å². The minimum Gasteiger partial charge on any atom is -0.355 e. The topological polar surface area (TPSA) is 96.2 Å². The highest BCUT2D eigenvalue weighted by molar-refractivity contribution is 7.10. The van der Waals surface area contributed by atoms with Gasteiger partial charge >= 0.3 is 6.03 Å². The fraction of sp³-hybridized carbons (Fsp3) is 0.647. The van der Waals surface area contributed by atoms with Crippen LogP contribution < -0.4 is 21.7 Å². The number of carbonyl (C=O) groups is 2. The molecule has 1 aliphatic rings. The highest BCUT2D eigenvalue weighted by atomic mass is 32.1. The van der Waals surface area contributed by atoms with Crippen LogP contribution in [-0.4, -0.2) is 31.1 Å². The molecule has 1 atom stereocenters. The Bertz CT molecular complexity index is 499. The highest BCUT2D eigenvalue weighted by Gasteiger charge is 2.18. The Balaban J connectivity index is 1.68. The van der Waals surface area contributed by atoms with Gasteiger partial charge in [-0.1, -0.05) is 31.7 Å². The minimum atomic E-state index is -0.615. The van der Waals surface area contributed by atoms with Gasteiger partial charge in [-0.2, -0.15) is 0 Å². The van der Waals surface area contributed by atoms with E-state index >= 15 is 0 Å². The standard InChI is InChI=1S/C17H28N4O2S/c18-17(23)21-14(15-8-5-11-24-15)12-16(22)20-10-9-19-13-6-3-1-2-4-7-13/h5,8,11,13-14,19H,1-4,6-7,9-10,12H2,(H,20,22)(H3,18,21,23). The number of carbonyl (C=O) groups excluding carboxylic acids is 2. The van der Waals surface area contributed by atoms with Crippen LogP contribution in [0.5, 0.6) is 0 Å². The number of hydrogen-bond donors (Lipinski definition) is 4. The average Bonchev–Trinajstić information content (AvgIpc) is 2.95. The zero-order valence-electron chi connectivity index (χ0n) is 14.1. The van der Waals surface area contributed by atoms with Crippen molar-refractivity contribution in [2.45, 2.75) is 57.0 Å². The Morgan fingerprint density at radius 3 is 2.58 bits per heavy atom. The highest BCUT2D eigenvalue weighted by Crippen LogP contribution is 2.21. The van der Waals surface area contributed by atoms with E-state index in [4.69, 9.17) is 5.73 Å². The number of nitrogens with one attached hydrogen (secondary N) is 3. The molecule has 5 N–H and O–H groups in total. The van der Waals surface area contributed by atoms with Crippen molar-refractivity contribution in [1.82, 2.24) is 16.0 Å². The van der Waals surface area contributed by atoms with Crippen LogP contribution in [0.3, 0.4) is 0 Å². The summed E-state index contributed by atoms with van der Waals surface area (Å²) < 4.78 is 0. The third kappa shape index (κ3) is 6.88. The van der Waals surface area contributed by atoms with Crippen LogP contribution in [0.4, 0.5) is 4.79 Å². The van der Waals surface area contributed by atoms with Gasteiger partial charge in [0.05, 0.1) is 12.5 Å². The maximum Gasteiger partial charge on any atom is 0.312 e. The van der Waals surface area contributed by atoms with Gasteiger partial charge < -0.3 is 21.7 Å². The molecule has 1 saturated carbocycles. The maximum atomic E-state index is 12.1. The quantitative estimate of drug-likeness (QED) is 0.427. The number of primary amides is 1. The van der Waals surface area contributed by atoms with Crippen molar-refractivity contribution in [3.63, 3.8) is 0 Å². The third-order valence-electron chi connectivity index (χ3n) is 4.33. The number of hydrogen-bond acceptors (Lipinski definition) is 4. The molecule has 0 aromatic carbocycles. The largest absolute Gasteiger partial charge is 0.355 e. The lowest BCUT2D eigenvalue weighted by atomic mass is 10.1. The first-order valence-corrected chi connectivity index (χ1v) is 9.62. The molecule has 1 aromatic rings. The van der Waals surface area contributed by atoms with Crippen LogP contribution in [0.25, 0.3) is 0 Å². The van der Waals surface area contributed by atoms with Crippen LogP contribution in [0.2, 0.25) is 0 Å². The molecule has 0 radical (unpaired) electrons. The van der Waals surface area contributed by atoms with Gasteiger partial charge in [0.25, 0.3) is 0 Å². The second kappa shape index (κ2) is 10.3. The zero-order valence-corrected chi connectivity index (χ0v) is 14.9. The van der Waals surface area contributed by atoms with Crippen LogP contribution in [0.1, 0.15) is 55.9 Å². The lowest BCUT2D eigenvalue weighted by molar-refractivity contribution is -0.121. The summed E-state index contributed by atoms with van der Waals surface area (Å²) in [5.74, 6) is -0.0789. The number of amides is 3. The van der Waals surface area contributed by atoms with E-state index in [9.17, 15) is 9.59 Å². The van der Waals surface area contributed by atoms with Gasteiger partial charge in [-0.15, -0.1) is 11.3 Å². The number of urea groups is 1. The molecule has 1 aliphatic carbocycles. The Labute approximate surface area is 147 Å². The molecule has 134 valence electrons. The first-order valence-electron chi connectivity index (χ1n) is 8.74. The fourth-order valence-corrected chi connectivity index (χ4v) is 3.88. The molecule has 1 aromatic heterocycles. The van der Waals surface area contributed by atoms with Gasteiger partial charge in [0.2, 0.25) is 5.91 Å². The van der Waals surface area contributed by atoms with E-state index < -0.39 is 6.03 Å². The van der Waals surface area contributed by atoms with Gasteiger partial charge in [-0.25, -0.2) is 4.79 Å². The van der Waals surface area contributed by atoms with Crippen LogP contribution in [-0.2, 0) is 4.79 Å². The zero-order chi connectivity index (χ0) is 17.2. The second-order valence-electron chi connectivity index (χ2n) is 6.27. The number of nitrogens with two attached hydrogens (primary N) is 1. The van der Waals surface area contributed by atoms with Gasteiger partial charge in [0, 0.05) is 24.0 Å². The Hall–Kier alpha value is -1.60. The van der Waals surface area contributed by atoms with Crippen molar-refractivity contribution in [2.24, 2.45) is 5.73 Å².